The highest BCUT2D eigenvalue weighted by Crippen LogP contribution is 2.36. The number of nitrogens with two attached hydrogens (primary N) is 1. The van der Waals surface area contributed by atoms with Gasteiger partial charge in [0.05, 0.1) is 27.1 Å². The zero-order valence-corrected chi connectivity index (χ0v) is 13.4. The molecular weight excluding hydrogens is 420 g/mol. The first-order chi connectivity index (χ1) is 9.68. The maximum absolute atomic E-state index is 13.5. The Morgan fingerprint density at radius 2 is 1.62 bits per heavy atom. The van der Waals surface area contributed by atoms with E-state index in [9.17, 15) is 17.6 Å². The molecule has 0 aliphatic heterocycles. The molecule has 0 fully saturated rings. The Balaban J connectivity index is 2.42. The van der Waals surface area contributed by atoms with Crippen LogP contribution in [0.5, 0.6) is 0 Å². The van der Waals surface area contributed by atoms with Crippen LogP contribution in [0.3, 0.4) is 0 Å². The van der Waals surface area contributed by atoms with E-state index < -0.39 is 17.6 Å². The third-order valence-corrected chi connectivity index (χ3v) is 3.95. The first-order valence-electron chi connectivity index (χ1n) is 5.57. The maximum Gasteiger partial charge on any atom is 0.416 e. The molecule has 0 saturated heterocycles. The fourth-order valence-corrected chi connectivity index (χ4v) is 2.32. The Morgan fingerprint density at radius 3 is 2.24 bits per heavy atom. The quantitative estimate of drug-likeness (QED) is 0.476. The molecule has 0 atom stereocenters. The van der Waals surface area contributed by atoms with Gasteiger partial charge in [0.2, 0.25) is 0 Å². The van der Waals surface area contributed by atoms with Gasteiger partial charge in [-0.25, -0.2) is 4.39 Å². The van der Waals surface area contributed by atoms with Crippen molar-refractivity contribution < 1.29 is 17.6 Å². The van der Waals surface area contributed by atoms with Crippen molar-refractivity contribution in [3.05, 3.63) is 50.7 Å². The molecule has 2 nitrogen and oxygen atoms in total. The van der Waals surface area contributed by atoms with Gasteiger partial charge in [-0.3, -0.25) is 0 Å². The molecule has 0 unspecified atom stereocenters. The fourth-order valence-electron chi connectivity index (χ4n) is 1.61. The topological polar surface area (TPSA) is 38.0 Å². The zero-order chi connectivity index (χ0) is 15.8. The van der Waals surface area contributed by atoms with E-state index in [4.69, 9.17) is 5.73 Å². The number of benzene rings is 2. The molecule has 0 amide bonds. The normalized spacial score (nSPS) is 11.5. The summed E-state index contributed by atoms with van der Waals surface area (Å²) in [7, 11) is 0. The van der Waals surface area contributed by atoms with E-state index in [1.54, 1.807) is 0 Å². The van der Waals surface area contributed by atoms with Crippen LogP contribution >= 0.6 is 31.9 Å². The third-order valence-electron chi connectivity index (χ3n) is 2.66. The van der Waals surface area contributed by atoms with Crippen LogP contribution < -0.4 is 11.1 Å². The lowest BCUT2D eigenvalue weighted by Crippen LogP contribution is -2.06. The highest BCUT2D eigenvalue weighted by Gasteiger charge is 2.31. The summed E-state index contributed by atoms with van der Waals surface area (Å²) < 4.78 is 52.2. The van der Waals surface area contributed by atoms with E-state index in [1.807, 2.05) is 0 Å². The van der Waals surface area contributed by atoms with E-state index >= 15 is 0 Å². The van der Waals surface area contributed by atoms with Crippen molar-refractivity contribution in [1.82, 2.24) is 0 Å². The number of nitrogen functional groups attached to an aromatic ring is 1. The predicted octanol–water partition coefficient (Wildman–Crippen LogP) is 5.70. The SMILES string of the molecule is Nc1cc(Br)c(F)cc1Nc1cc(C(F)(F)F)ccc1Br. The number of anilines is 3. The van der Waals surface area contributed by atoms with Gasteiger partial charge in [-0.05, 0) is 56.1 Å². The molecule has 0 aliphatic rings. The largest absolute Gasteiger partial charge is 0.416 e. The van der Waals surface area contributed by atoms with Gasteiger partial charge in [0.15, 0.2) is 0 Å². The van der Waals surface area contributed by atoms with Gasteiger partial charge in [0.1, 0.15) is 5.82 Å². The third kappa shape index (κ3) is 3.68. The Kier molecular flexibility index (Phi) is 4.48. The van der Waals surface area contributed by atoms with Gasteiger partial charge in [0.25, 0.3) is 0 Å². The summed E-state index contributed by atoms with van der Waals surface area (Å²) in [6.07, 6.45) is -4.46. The minimum absolute atomic E-state index is 0.137. The van der Waals surface area contributed by atoms with Crippen molar-refractivity contribution in [3.8, 4) is 0 Å². The highest BCUT2D eigenvalue weighted by molar-refractivity contribution is 9.10. The van der Waals surface area contributed by atoms with Crippen molar-refractivity contribution in [2.45, 2.75) is 6.18 Å². The summed E-state index contributed by atoms with van der Waals surface area (Å²) in [6.45, 7) is 0. The lowest BCUT2D eigenvalue weighted by atomic mass is 10.2. The van der Waals surface area contributed by atoms with Crippen LogP contribution in [0.25, 0.3) is 0 Å². The van der Waals surface area contributed by atoms with Crippen LogP contribution in [0.2, 0.25) is 0 Å². The molecule has 2 rings (SSSR count). The average molecular weight is 428 g/mol. The van der Waals surface area contributed by atoms with E-state index in [1.165, 1.54) is 12.1 Å². The second kappa shape index (κ2) is 5.84. The lowest BCUT2D eigenvalue weighted by Gasteiger charge is -2.14. The first kappa shape index (κ1) is 16.1. The second-order valence-electron chi connectivity index (χ2n) is 4.17. The first-order valence-corrected chi connectivity index (χ1v) is 7.15. The Hall–Kier alpha value is -1.28. The van der Waals surface area contributed by atoms with E-state index in [-0.39, 0.29) is 21.5 Å². The van der Waals surface area contributed by atoms with Gasteiger partial charge in [-0.1, -0.05) is 0 Å². The minimum atomic E-state index is -4.46. The molecular formula is C13H8Br2F4N2. The Labute approximate surface area is 134 Å². The van der Waals surface area contributed by atoms with Crippen LogP contribution in [0.4, 0.5) is 34.6 Å². The van der Waals surface area contributed by atoms with E-state index in [0.717, 1.165) is 18.2 Å². The van der Waals surface area contributed by atoms with Crippen molar-refractivity contribution in [2.24, 2.45) is 0 Å². The summed E-state index contributed by atoms with van der Waals surface area (Å²) in [6, 6.07) is 5.56. The summed E-state index contributed by atoms with van der Waals surface area (Å²) in [5.41, 5.74) is 5.42. The number of alkyl halides is 3. The summed E-state index contributed by atoms with van der Waals surface area (Å²) in [5.74, 6) is -0.574. The maximum atomic E-state index is 13.5. The smallest absolute Gasteiger partial charge is 0.397 e. The molecule has 8 heteroatoms. The number of hydrogen-bond donors (Lipinski definition) is 2. The van der Waals surface area contributed by atoms with Crippen molar-refractivity contribution in [3.63, 3.8) is 0 Å². The standard InChI is InChI=1S/C13H8Br2F4N2/c14-7-2-1-6(13(17,18)19)3-11(7)21-12-5-9(16)8(15)4-10(12)20/h1-5,21H,20H2. The average Bonchev–Trinajstić information content (AvgIpc) is 2.37. The van der Waals surface area contributed by atoms with Crippen LogP contribution in [0.15, 0.2) is 39.3 Å². The van der Waals surface area contributed by atoms with Crippen LogP contribution in [-0.2, 0) is 6.18 Å². The van der Waals surface area contributed by atoms with Crippen molar-refractivity contribution >= 4 is 48.9 Å². The summed E-state index contributed by atoms with van der Waals surface area (Å²) in [5, 5.41) is 2.69. The summed E-state index contributed by atoms with van der Waals surface area (Å²) >= 11 is 6.12. The molecule has 0 radical (unpaired) electrons. The number of rotatable bonds is 2. The molecule has 0 aliphatic carbocycles. The van der Waals surface area contributed by atoms with Crippen molar-refractivity contribution in [2.75, 3.05) is 11.1 Å². The Morgan fingerprint density at radius 1 is 0.952 bits per heavy atom. The molecule has 0 aromatic heterocycles. The molecule has 21 heavy (non-hydrogen) atoms. The van der Waals surface area contributed by atoms with Gasteiger partial charge in [0, 0.05) is 10.5 Å². The number of halogens is 6. The van der Waals surface area contributed by atoms with Gasteiger partial charge in [-0.15, -0.1) is 0 Å². The summed E-state index contributed by atoms with van der Waals surface area (Å²) in [4.78, 5) is 0. The molecule has 2 aromatic rings. The monoisotopic (exact) mass is 426 g/mol. The lowest BCUT2D eigenvalue weighted by molar-refractivity contribution is -0.137. The molecule has 0 spiro atoms. The number of hydrogen-bond acceptors (Lipinski definition) is 2. The van der Waals surface area contributed by atoms with Gasteiger partial charge < -0.3 is 11.1 Å². The van der Waals surface area contributed by atoms with Crippen LogP contribution in [0.1, 0.15) is 5.56 Å². The van der Waals surface area contributed by atoms with Gasteiger partial charge in [-0.2, -0.15) is 13.2 Å². The molecule has 2 aromatic carbocycles. The number of nitrogens with one attached hydrogen (secondary N) is 1. The molecule has 0 saturated carbocycles. The predicted molar refractivity (Wildman–Crippen MR) is 80.9 cm³/mol. The molecule has 112 valence electrons. The van der Waals surface area contributed by atoms with E-state index in [2.05, 4.69) is 37.2 Å². The zero-order valence-electron chi connectivity index (χ0n) is 10.2. The molecule has 0 bridgehead atoms. The van der Waals surface area contributed by atoms with Crippen molar-refractivity contribution in [1.29, 1.82) is 0 Å². The Bertz CT molecular complexity index is 687. The molecule has 3 N–H and O–H groups in total. The van der Waals surface area contributed by atoms with Gasteiger partial charge >= 0.3 is 6.18 Å². The highest BCUT2D eigenvalue weighted by atomic mass is 79.9. The van der Waals surface area contributed by atoms with E-state index in [0.29, 0.717) is 4.47 Å². The fraction of sp³-hybridized carbons (Fsp3) is 0.0769. The van der Waals surface area contributed by atoms with Crippen LogP contribution in [-0.4, -0.2) is 0 Å². The van der Waals surface area contributed by atoms with Crippen LogP contribution in [0, 0.1) is 5.82 Å². The minimum Gasteiger partial charge on any atom is -0.397 e. The molecule has 0 heterocycles. The second-order valence-corrected chi connectivity index (χ2v) is 5.88.